The summed E-state index contributed by atoms with van der Waals surface area (Å²) in [7, 11) is 0. The highest BCUT2D eigenvalue weighted by atomic mass is 16.3. The van der Waals surface area contributed by atoms with Crippen LogP contribution in [0.1, 0.15) is 49.7 Å². The quantitative estimate of drug-likeness (QED) is 0.568. The number of aliphatic hydroxyl groups is 1. The highest BCUT2D eigenvalue weighted by Crippen LogP contribution is 2.50. The predicted octanol–water partition coefficient (Wildman–Crippen LogP) is 2.45. The summed E-state index contributed by atoms with van der Waals surface area (Å²) in [5.74, 6) is -1.12. The van der Waals surface area contributed by atoms with Gasteiger partial charge in [-0.2, -0.15) is 5.26 Å². The van der Waals surface area contributed by atoms with E-state index in [4.69, 9.17) is 0 Å². The molecule has 8 nitrogen and oxygen atoms in total. The van der Waals surface area contributed by atoms with Crippen molar-refractivity contribution in [2.45, 2.75) is 56.2 Å². The second-order valence-electron chi connectivity index (χ2n) is 11.1. The number of fused-ring (bicyclic) bond motifs is 4. The lowest BCUT2D eigenvalue weighted by Crippen LogP contribution is -2.55. The third kappa shape index (κ3) is 3.80. The summed E-state index contributed by atoms with van der Waals surface area (Å²) in [6, 6.07) is 15.3. The molecule has 0 radical (unpaired) electrons. The van der Waals surface area contributed by atoms with Crippen molar-refractivity contribution in [3.8, 4) is 17.2 Å². The number of hydrogen-bond acceptors (Lipinski definition) is 5. The number of nitrogens with one attached hydrogen (secondary N) is 2. The lowest BCUT2D eigenvalue weighted by molar-refractivity contribution is -0.152. The van der Waals surface area contributed by atoms with E-state index in [0.717, 1.165) is 36.8 Å². The SMILES string of the molecule is N#C[C@@H](C[C@H]1CCCNC1=O)NC(=O)[C@@H]1[C@H]2CCC[C@H]2CN1C(=O)C1(O)c2ccccc2-c2ccccc21. The fourth-order valence-corrected chi connectivity index (χ4v) is 7.25. The fraction of sp³-hybridized carbons (Fsp3) is 0.467. The van der Waals surface area contributed by atoms with E-state index in [-0.39, 0.29) is 36.0 Å². The number of piperidine rings is 1. The van der Waals surface area contributed by atoms with Gasteiger partial charge in [0.15, 0.2) is 5.60 Å². The minimum absolute atomic E-state index is 0.0215. The van der Waals surface area contributed by atoms with E-state index in [1.54, 1.807) is 17.0 Å². The number of nitriles is 1. The van der Waals surface area contributed by atoms with Crippen molar-refractivity contribution in [1.82, 2.24) is 15.5 Å². The number of likely N-dealkylation sites (tertiary alicyclic amines) is 1. The highest BCUT2D eigenvalue weighted by molar-refractivity contribution is 6.01. The minimum atomic E-state index is -1.89. The molecule has 1 saturated carbocycles. The third-order valence-electron chi connectivity index (χ3n) is 9.05. The molecule has 0 unspecified atom stereocenters. The van der Waals surface area contributed by atoms with Crippen molar-refractivity contribution >= 4 is 17.7 Å². The molecule has 8 heteroatoms. The van der Waals surface area contributed by atoms with Gasteiger partial charge < -0.3 is 20.6 Å². The Labute approximate surface area is 222 Å². The van der Waals surface area contributed by atoms with Gasteiger partial charge in [0.05, 0.1) is 6.07 Å². The average Bonchev–Trinajstić information content (AvgIpc) is 3.61. The summed E-state index contributed by atoms with van der Waals surface area (Å²) < 4.78 is 0. The van der Waals surface area contributed by atoms with Crippen molar-refractivity contribution in [2.75, 3.05) is 13.1 Å². The molecule has 2 saturated heterocycles. The normalized spacial score (nSPS) is 27.5. The van der Waals surface area contributed by atoms with Gasteiger partial charge in [0.1, 0.15) is 12.1 Å². The predicted molar refractivity (Wildman–Crippen MR) is 139 cm³/mol. The highest BCUT2D eigenvalue weighted by Gasteiger charge is 2.56. The van der Waals surface area contributed by atoms with Crippen LogP contribution in [0, 0.1) is 29.1 Å². The first-order chi connectivity index (χ1) is 18.4. The van der Waals surface area contributed by atoms with Crippen LogP contribution in [0.15, 0.2) is 48.5 Å². The van der Waals surface area contributed by atoms with E-state index in [2.05, 4.69) is 16.7 Å². The molecule has 3 N–H and O–H groups in total. The van der Waals surface area contributed by atoms with Gasteiger partial charge in [0.25, 0.3) is 5.91 Å². The number of amides is 3. The van der Waals surface area contributed by atoms with Crippen LogP contribution in [0.4, 0.5) is 0 Å². The maximum Gasteiger partial charge on any atom is 0.264 e. The van der Waals surface area contributed by atoms with Gasteiger partial charge in [-0.05, 0) is 55.1 Å². The van der Waals surface area contributed by atoms with Crippen LogP contribution in [-0.2, 0) is 20.0 Å². The number of benzene rings is 2. The average molecular weight is 513 g/mol. The van der Waals surface area contributed by atoms with Gasteiger partial charge in [0, 0.05) is 30.1 Å². The zero-order valence-corrected chi connectivity index (χ0v) is 21.2. The Morgan fingerprint density at radius 1 is 1.08 bits per heavy atom. The largest absolute Gasteiger partial charge is 0.372 e. The molecule has 196 valence electrons. The molecule has 0 bridgehead atoms. The molecule has 0 aromatic heterocycles. The van der Waals surface area contributed by atoms with Crippen LogP contribution in [0.3, 0.4) is 0 Å². The summed E-state index contributed by atoms with van der Waals surface area (Å²) in [5, 5.41) is 27.6. The number of carbonyl (C=O) groups is 3. The van der Waals surface area contributed by atoms with E-state index in [0.29, 0.717) is 30.6 Å². The number of rotatable bonds is 5. The maximum atomic E-state index is 14.3. The molecule has 2 heterocycles. The second kappa shape index (κ2) is 9.55. The van der Waals surface area contributed by atoms with Crippen LogP contribution in [0.5, 0.6) is 0 Å². The van der Waals surface area contributed by atoms with E-state index < -0.39 is 23.6 Å². The van der Waals surface area contributed by atoms with E-state index in [9.17, 15) is 24.8 Å². The Bertz CT molecular complexity index is 1290. The molecule has 5 atom stereocenters. The molecule has 3 amide bonds. The molecule has 3 fully saturated rings. The van der Waals surface area contributed by atoms with Gasteiger partial charge in [-0.3, -0.25) is 14.4 Å². The number of hydrogen-bond donors (Lipinski definition) is 3. The zero-order valence-electron chi connectivity index (χ0n) is 21.2. The van der Waals surface area contributed by atoms with Gasteiger partial charge in [-0.25, -0.2) is 0 Å². The summed E-state index contributed by atoms with van der Waals surface area (Å²) in [5.41, 5.74) is 0.796. The molecule has 0 spiro atoms. The molecule has 2 aliphatic carbocycles. The van der Waals surface area contributed by atoms with Crippen LogP contribution in [0.25, 0.3) is 11.1 Å². The first kappa shape index (κ1) is 24.6. The first-order valence-electron chi connectivity index (χ1n) is 13.6. The van der Waals surface area contributed by atoms with E-state index in [1.165, 1.54) is 0 Å². The first-order valence-corrected chi connectivity index (χ1v) is 13.6. The van der Waals surface area contributed by atoms with Crippen molar-refractivity contribution in [1.29, 1.82) is 5.26 Å². The molecule has 6 rings (SSSR count). The van der Waals surface area contributed by atoms with Crippen LogP contribution >= 0.6 is 0 Å². The van der Waals surface area contributed by atoms with Crippen molar-refractivity contribution in [3.63, 3.8) is 0 Å². The van der Waals surface area contributed by atoms with Gasteiger partial charge in [-0.1, -0.05) is 55.0 Å². The topological polar surface area (TPSA) is 123 Å². The molecule has 4 aliphatic rings. The summed E-state index contributed by atoms with van der Waals surface area (Å²) >= 11 is 0. The van der Waals surface area contributed by atoms with Gasteiger partial charge >= 0.3 is 0 Å². The zero-order chi connectivity index (χ0) is 26.4. The van der Waals surface area contributed by atoms with Crippen molar-refractivity contribution in [3.05, 3.63) is 59.7 Å². The lowest BCUT2D eigenvalue weighted by Gasteiger charge is -2.34. The van der Waals surface area contributed by atoms with Crippen LogP contribution in [-0.4, -0.2) is 52.9 Å². The van der Waals surface area contributed by atoms with Crippen molar-refractivity contribution < 1.29 is 19.5 Å². The Morgan fingerprint density at radius 2 is 1.76 bits per heavy atom. The molecular weight excluding hydrogens is 480 g/mol. The van der Waals surface area contributed by atoms with Gasteiger partial charge in [-0.15, -0.1) is 0 Å². The molecule has 2 aromatic rings. The number of carbonyl (C=O) groups excluding carboxylic acids is 3. The Kier molecular flexibility index (Phi) is 6.19. The number of nitrogens with zero attached hydrogens (tertiary/aromatic N) is 2. The van der Waals surface area contributed by atoms with E-state index >= 15 is 0 Å². The molecular formula is C30H32N4O4. The van der Waals surface area contributed by atoms with Crippen LogP contribution < -0.4 is 10.6 Å². The molecule has 38 heavy (non-hydrogen) atoms. The third-order valence-corrected chi connectivity index (χ3v) is 9.05. The Hall–Kier alpha value is -3.70. The lowest BCUT2D eigenvalue weighted by atomic mass is 9.88. The summed E-state index contributed by atoms with van der Waals surface area (Å²) in [4.78, 5) is 41.9. The summed E-state index contributed by atoms with van der Waals surface area (Å²) in [6.07, 6.45) is 4.51. The van der Waals surface area contributed by atoms with Gasteiger partial charge in [0.2, 0.25) is 11.8 Å². The smallest absolute Gasteiger partial charge is 0.264 e. The standard InChI is InChI=1S/C30H32N4O4/c31-16-20(15-18-8-6-14-32-27(18)35)33-28(36)26-21-11-5-7-19(21)17-34(26)29(37)30(38)24-12-3-1-9-22(24)23-10-2-4-13-25(23)30/h1-4,9-10,12-13,18-21,26,38H,5-8,11,14-15,17H2,(H,32,35)(H,33,36)/t18-,19+,20-,21+,26+/m1/s1. The Morgan fingerprint density at radius 3 is 2.42 bits per heavy atom. The Balaban J connectivity index is 1.30. The minimum Gasteiger partial charge on any atom is -0.372 e. The fourth-order valence-electron chi connectivity index (χ4n) is 7.25. The second-order valence-corrected chi connectivity index (χ2v) is 11.1. The summed E-state index contributed by atoms with van der Waals surface area (Å²) in [6.45, 7) is 1.03. The monoisotopic (exact) mass is 512 g/mol. The van der Waals surface area contributed by atoms with E-state index in [1.807, 2.05) is 36.4 Å². The van der Waals surface area contributed by atoms with Crippen LogP contribution in [0.2, 0.25) is 0 Å². The molecule has 2 aliphatic heterocycles. The maximum absolute atomic E-state index is 14.3. The molecule has 2 aromatic carbocycles. The van der Waals surface area contributed by atoms with Crippen molar-refractivity contribution in [2.24, 2.45) is 17.8 Å².